The maximum atomic E-state index is 13.9. The van der Waals surface area contributed by atoms with Gasteiger partial charge in [-0.25, -0.2) is 13.2 Å². The van der Waals surface area contributed by atoms with E-state index in [1.807, 2.05) is 35.1 Å². The molecule has 0 aromatic heterocycles. The number of nitrogens with zero attached hydrogens (tertiary/aromatic N) is 2. The fourth-order valence-electron chi connectivity index (χ4n) is 7.00. The summed E-state index contributed by atoms with van der Waals surface area (Å²) in [6, 6.07) is 2.05. The van der Waals surface area contributed by atoms with Crippen LogP contribution in [-0.2, 0) is 47.0 Å². The number of hydrogen-bond donors (Lipinski definition) is 3. The molecule has 0 spiro atoms. The largest absolute Gasteiger partial charge is 0.444 e. The van der Waals surface area contributed by atoms with E-state index in [0.717, 1.165) is 21.6 Å². The molecule has 276 valence electrons. The van der Waals surface area contributed by atoms with Gasteiger partial charge in [0.1, 0.15) is 23.7 Å². The number of allylic oxidation sites excluding steroid dienone is 1. The van der Waals surface area contributed by atoms with Gasteiger partial charge in [-0.05, 0) is 55.2 Å². The molecule has 5 atom stereocenters. The Hall–Kier alpha value is -4.41. The summed E-state index contributed by atoms with van der Waals surface area (Å²) < 4.78 is 74.2. The molecular formula is C34H40F3N5O8S. The number of fused-ring (bicyclic) bond motifs is 3. The number of halogens is 3. The highest BCUT2D eigenvalue weighted by molar-refractivity contribution is 7.91. The number of sulfonamides is 1. The van der Waals surface area contributed by atoms with Crippen molar-refractivity contribution in [2.24, 2.45) is 5.92 Å². The minimum Gasteiger partial charge on any atom is -0.444 e. The highest BCUT2D eigenvalue weighted by Crippen LogP contribution is 2.45. The second-order valence-corrected chi connectivity index (χ2v) is 15.8. The molecule has 51 heavy (non-hydrogen) atoms. The molecule has 1 aromatic carbocycles. The Kier molecular flexibility index (Phi) is 9.96. The van der Waals surface area contributed by atoms with Crippen molar-refractivity contribution in [3.05, 3.63) is 53.6 Å². The van der Waals surface area contributed by atoms with Crippen molar-refractivity contribution in [1.29, 1.82) is 0 Å². The molecule has 6 rings (SSSR count). The normalized spacial score (nSPS) is 29.2. The van der Waals surface area contributed by atoms with Crippen molar-refractivity contribution < 1.29 is 50.3 Å². The van der Waals surface area contributed by atoms with E-state index in [1.165, 1.54) is 11.0 Å². The van der Waals surface area contributed by atoms with Gasteiger partial charge in [0, 0.05) is 25.3 Å². The highest BCUT2D eigenvalue weighted by Gasteiger charge is 2.62. The third-order valence-corrected chi connectivity index (χ3v) is 11.9. The molecule has 5 aliphatic rings. The monoisotopic (exact) mass is 735 g/mol. The van der Waals surface area contributed by atoms with Crippen LogP contribution in [0, 0.1) is 5.92 Å². The molecule has 5 amide bonds. The van der Waals surface area contributed by atoms with Crippen LogP contribution in [0.3, 0.4) is 0 Å². The summed E-state index contributed by atoms with van der Waals surface area (Å²) in [5.74, 6) is -4.62. The zero-order valence-electron chi connectivity index (χ0n) is 27.7. The average Bonchev–Trinajstić information content (AvgIpc) is 3.95. The van der Waals surface area contributed by atoms with Crippen LogP contribution in [0.1, 0.15) is 74.5 Å². The third-order valence-electron chi connectivity index (χ3n) is 10.0. The maximum absolute atomic E-state index is 13.9. The summed E-state index contributed by atoms with van der Waals surface area (Å²) in [6.07, 6.45) is -1.52. The molecule has 0 unspecified atom stereocenters. The number of ether oxygens (including phenoxy) is 1. The van der Waals surface area contributed by atoms with Gasteiger partial charge in [0.05, 0.1) is 24.8 Å². The molecule has 2 aliphatic carbocycles. The van der Waals surface area contributed by atoms with E-state index in [9.17, 15) is 45.6 Å². The summed E-state index contributed by atoms with van der Waals surface area (Å²) >= 11 is 0. The second kappa shape index (κ2) is 14.0. The number of alkyl halides is 3. The third kappa shape index (κ3) is 8.07. The molecule has 1 aromatic rings. The number of amides is 5. The minimum absolute atomic E-state index is 0.00715. The number of carbonyl (C=O) groups excluding carboxylic acids is 5. The van der Waals surface area contributed by atoms with Gasteiger partial charge in [-0.15, -0.1) is 6.58 Å². The number of carbonyl (C=O) groups is 5. The molecule has 3 aliphatic heterocycles. The van der Waals surface area contributed by atoms with Crippen LogP contribution in [0.25, 0.3) is 6.08 Å². The smallest absolute Gasteiger partial charge is 0.410 e. The van der Waals surface area contributed by atoms with E-state index in [4.69, 9.17) is 4.74 Å². The number of hydrogen-bond acceptors (Lipinski definition) is 8. The van der Waals surface area contributed by atoms with Gasteiger partial charge >= 0.3 is 12.3 Å². The lowest BCUT2D eigenvalue weighted by atomic mass is 10.0. The van der Waals surface area contributed by atoms with E-state index in [1.54, 1.807) is 0 Å². The first-order chi connectivity index (χ1) is 24.1. The lowest BCUT2D eigenvalue weighted by Crippen LogP contribution is -2.58. The van der Waals surface area contributed by atoms with Crippen molar-refractivity contribution >= 4 is 45.8 Å². The molecule has 2 saturated carbocycles. The van der Waals surface area contributed by atoms with E-state index >= 15 is 0 Å². The molecule has 3 heterocycles. The lowest BCUT2D eigenvalue weighted by molar-refractivity contribution is -0.157. The van der Waals surface area contributed by atoms with Crippen molar-refractivity contribution in [2.75, 3.05) is 6.54 Å². The van der Waals surface area contributed by atoms with Crippen LogP contribution < -0.4 is 15.4 Å². The van der Waals surface area contributed by atoms with Gasteiger partial charge in [-0.2, -0.15) is 13.2 Å². The van der Waals surface area contributed by atoms with E-state index < -0.39 is 93.8 Å². The molecule has 0 radical (unpaired) electrons. The standard InChI is InChI=1S/C34H40F3N5O8S/c1-2-22-15-33(22,31(46)40-51(48,49)24-12-13-24)39-29(44)27-14-23-18-42(27)30(45)26(16-34(35,36)37)38-28(43)11-6-4-3-5-8-20-9-7-10-21-17-41(19-25(20)21)32(47)50-23/h2,5,7-10,22-24,26-27H,1,3-4,6,11-19H2,(H,38,43)(H,39,44)(H,40,46)/b8-5+/t22-,23-,26+,27+,33+/m1/s1. The average molecular weight is 736 g/mol. The first-order valence-electron chi connectivity index (χ1n) is 17.0. The predicted octanol–water partition coefficient (Wildman–Crippen LogP) is 2.80. The van der Waals surface area contributed by atoms with Crippen LogP contribution in [0.5, 0.6) is 0 Å². The number of nitrogens with one attached hydrogen (secondary N) is 3. The highest BCUT2D eigenvalue weighted by atomic mass is 32.2. The van der Waals surface area contributed by atoms with Crippen LogP contribution in [0.4, 0.5) is 18.0 Å². The Balaban J connectivity index is 1.27. The van der Waals surface area contributed by atoms with Gasteiger partial charge in [0.15, 0.2) is 0 Å². The van der Waals surface area contributed by atoms with Crippen molar-refractivity contribution in [1.82, 2.24) is 25.2 Å². The Labute approximate surface area is 293 Å². The van der Waals surface area contributed by atoms with Gasteiger partial charge in [-0.3, -0.25) is 28.8 Å². The van der Waals surface area contributed by atoms with Crippen molar-refractivity contribution in [3.8, 4) is 0 Å². The molecule has 3 fully saturated rings. The quantitative estimate of drug-likeness (QED) is 0.359. The van der Waals surface area contributed by atoms with Crippen LogP contribution in [0.15, 0.2) is 36.9 Å². The zero-order chi connectivity index (χ0) is 36.7. The van der Waals surface area contributed by atoms with Gasteiger partial charge in [-0.1, -0.05) is 36.4 Å². The summed E-state index contributed by atoms with van der Waals surface area (Å²) in [6.45, 7) is 3.64. The van der Waals surface area contributed by atoms with Crippen LogP contribution >= 0.6 is 0 Å². The van der Waals surface area contributed by atoms with E-state index in [0.29, 0.717) is 32.1 Å². The molecule has 17 heteroatoms. The Bertz CT molecular complexity index is 1760. The van der Waals surface area contributed by atoms with Gasteiger partial charge in [0.25, 0.3) is 5.91 Å². The number of benzene rings is 1. The summed E-state index contributed by atoms with van der Waals surface area (Å²) in [5.41, 5.74) is 1.00. The van der Waals surface area contributed by atoms with E-state index in [-0.39, 0.29) is 32.4 Å². The fourth-order valence-corrected chi connectivity index (χ4v) is 8.36. The van der Waals surface area contributed by atoms with E-state index in [2.05, 4.69) is 17.2 Å². The fraction of sp³-hybridized carbons (Fsp3) is 0.559. The summed E-state index contributed by atoms with van der Waals surface area (Å²) in [5, 5.41) is 4.01. The van der Waals surface area contributed by atoms with Crippen molar-refractivity contribution in [2.45, 2.75) is 106 Å². The molecular weight excluding hydrogens is 695 g/mol. The summed E-state index contributed by atoms with van der Waals surface area (Å²) in [7, 11) is -4.00. The Morgan fingerprint density at radius 1 is 1.14 bits per heavy atom. The first-order valence-corrected chi connectivity index (χ1v) is 18.5. The SMILES string of the molecule is C=C[C@@H]1C[C@@]1(NC(=O)[C@@H]1C[C@@H]2CN1C(=O)[C@H](CC(F)(F)F)NC(=O)CCCC/C=C/c1cccc3c1CN(C3)C(=O)O2)C(=O)NS(=O)(=O)C1CC1. The zero-order valence-corrected chi connectivity index (χ0v) is 28.6. The van der Waals surface area contributed by atoms with Gasteiger partial charge in [0.2, 0.25) is 27.7 Å². The predicted molar refractivity (Wildman–Crippen MR) is 175 cm³/mol. The molecule has 4 bridgehead atoms. The maximum Gasteiger partial charge on any atom is 0.410 e. The Morgan fingerprint density at radius 3 is 2.59 bits per heavy atom. The topological polar surface area (TPSA) is 171 Å². The van der Waals surface area contributed by atoms with Crippen molar-refractivity contribution in [3.63, 3.8) is 0 Å². The van der Waals surface area contributed by atoms with Crippen LogP contribution in [0.2, 0.25) is 0 Å². The number of rotatable bonds is 7. The molecule has 1 saturated heterocycles. The molecule has 3 N–H and O–H groups in total. The summed E-state index contributed by atoms with van der Waals surface area (Å²) in [4.78, 5) is 69.7. The lowest BCUT2D eigenvalue weighted by Gasteiger charge is -2.30. The molecule has 13 nitrogen and oxygen atoms in total. The minimum atomic E-state index is -4.87. The Morgan fingerprint density at radius 2 is 1.90 bits per heavy atom. The second-order valence-electron chi connectivity index (χ2n) is 13.9. The van der Waals surface area contributed by atoms with Gasteiger partial charge < -0.3 is 20.3 Å². The first kappa shape index (κ1) is 36.4. The van der Waals surface area contributed by atoms with Crippen LogP contribution in [-0.4, -0.2) is 89.6 Å².